The lowest BCUT2D eigenvalue weighted by atomic mass is 10.5. The molecule has 0 fully saturated rings. The third kappa shape index (κ3) is 2.78. The number of hydrogen-bond acceptors (Lipinski definition) is 5. The van der Waals surface area contributed by atoms with Crippen LogP contribution in [0.15, 0.2) is 4.52 Å². The Morgan fingerprint density at radius 2 is 2.25 bits per heavy atom. The van der Waals surface area contributed by atoms with E-state index in [9.17, 15) is 8.42 Å². The molecular weight excluding hydrogens is 204 g/mol. The van der Waals surface area contributed by atoms with Crippen molar-refractivity contribution in [3.63, 3.8) is 0 Å². The van der Waals surface area contributed by atoms with E-state index in [2.05, 4.69) is 14.7 Å². The van der Waals surface area contributed by atoms with E-state index in [1.807, 2.05) is 6.92 Å². The van der Waals surface area contributed by atoms with Crippen molar-refractivity contribution in [2.45, 2.75) is 19.1 Å². The predicted octanol–water partition coefficient (Wildman–Crippen LogP) is 0.701. The molecule has 0 bridgehead atoms. The smallest absolute Gasteiger partial charge is 0.243 e. The fourth-order valence-electron chi connectivity index (χ4n) is 0.640. The normalized spacial score (nSPS) is 11.8. The molecular formula is C5H7ClN2O3S. The van der Waals surface area contributed by atoms with Gasteiger partial charge in [-0.3, -0.25) is 0 Å². The van der Waals surface area contributed by atoms with Crippen molar-refractivity contribution in [1.82, 2.24) is 10.1 Å². The third-order valence-corrected chi connectivity index (χ3v) is 2.04. The molecule has 1 aromatic rings. The van der Waals surface area contributed by atoms with Crippen molar-refractivity contribution in [2.75, 3.05) is 0 Å². The molecule has 68 valence electrons. The zero-order chi connectivity index (χ0) is 9.19. The third-order valence-electron chi connectivity index (χ3n) is 1.12. The van der Waals surface area contributed by atoms with Crippen molar-refractivity contribution >= 4 is 19.7 Å². The van der Waals surface area contributed by atoms with Gasteiger partial charge in [-0.05, 0) is 0 Å². The van der Waals surface area contributed by atoms with Gasteiger partial charge in [0, 0.05) is 17.1 Å². The van der Waals surface area contributed by atoms with Gasteiger partial charge in [0.05, 0.1) is 0 Å². The average Bonchev–Trinajstić information content (AvgIpc) is 2.32. The van der Waals surface area contributed by atoms with Crippen LogP contribution in [0.2, 0.25) is 0 Å². The van der Waals surface area contributed by atoms with Crippen LogP contribution >= 0.6 is 10.7 Å². The predicted molar refractivity (Wildman–Crippen MR) is 42.2 cm³/mol. The maximum atomic E-state index is 10.5. The number of halogens is 1. The Balaban J connectivity index is 2.78. The summed E-state index contributed by atoms with van der Waals surface area (Å²) in [6, 6.07) is 0. The number of rotatable bonds is 3. The molecule has 0 saturated carbocycles. The second-order valence-corrected chi connectivity index (χ2v) is 4.92. The van der Waals surface area contributed by atoms with Crippen molar-refractivity contribution in [2.24, 2.45) is 0 Å². The molecule has 0 aliphatic rings. The maximum Gasteiger partial charge on any atom is 0.243 e. The van der Waals surface area contributed by atoms with E-state index in [-0.39, 0.29) is 5.89 Å². The molecule has 0 N–H and O–H groups in total. The second-order valence-electron chi connectivity index (χ2n) is 2.14. The standard InChI is InChI=1S/C5H7ClN2O3S/c1-2-4-7-5(11-8-4)3-12(6,9)10/h2-3H2,1H3. The second kappa shape index (κ2) is 3.40. The lowest BCUT2D eigenvalue weighted by molar-refractivity contribution is 0.383. The summed E-state index contributed by atoms with van der Waals surface area (Å²) in [7, 11) is 1.37. The molecule has 0 aromatic carbocycles. The van der Waals surface area contributed by atoms with Crippen LogP contribution in [0.5, 0.6) is 0 Å². The first-order chi connectivity index (χ1) is 5.51. The topological polar surface area (TPSA) is 73.1 Å². The van der Waals surface area contributed by atoms with Crippen LogP contribution in [0, 0.1) is 0 Å². The number of hydrogen-bond donors (Lipinski definition) is 0. The molecule has 0 aliphatic heterocycles. The van der Waals surface area contributed by atoms with Crippen molar-refractivity contribution < 1.29 is 12.9 Å². The van der Waals surface area contributed by atoms with E-state index < -0.39 is 14.8 Å². The van der Waals surface area contributed by atoms with Crippen LogP contribution in [0.1, 0.15) is 18.6 Å². The lowest BCUT2D eigenvalue weighted by Gasteiger charge is -1.85. The summed E-state index contributed by atoms with van der Waals surface area (Å²) in [6.07, 6.45) is 0.603. The SMILES string of the molecule is CCc1noc(CS(=O)(=O)Cl)n1. The van der Waals surface area contributed by atoms with E-state index in [4.69, 9.17) is 10.7 Å². The van der Waals surface area contributed by atoms with Crippen molar-refractivity contribution in [3.05, 3.63) is 11.7 Å². The van der Waals surface area contributed by atoms with Gasteiger partial charge in [-0.1, -0.05) is 12.1 Å². The van der Waals surface area contributed by atoms with E-state index in [1.165, 1.54) is 0 Å². The summed E-state index contributed by atoms with van der Waals surface area (Å²) < 4.78 is 25.7. The summed E-state index contributed by atoms with van der Waals surface area (Å²) in [5.74, 6) is 0.0915. The summed E-state index contributed by atoms with van der Waals surface area (Å²) in [6.45, 7) is 1.84. The summed E-state index contributed by atoms with van der Waals surface area (Å²) >= 11 is 0. The molecule has 12 heavy (non-hydrogen) atoms. The van der Waals surface area contributed by atoms with Crippen LogP contribution in [0.4, 0.5) is 0 Å². The molecule has 0 unspecified atom stereocenters. The van der Waals surface area contributed by atoms with E-state index in [0.29, 0.717) is 12.2 Å². The highest BCUT2D eigenvalue weighted by Gasteiger charge is 2.13. The van der Waals surface area contributed by atoms with Gasteiger partial charge in [-0.15, -0.1) is 0 Å². The molecule has 0 aliphatic carbocycles. The van der Waals surface area contributed by atoms with E-state index >= 15 is 0 Å². The Morgan fingerprint density at radius 1 is 1.58 bits per heavy atom. The largest absolute Gasteiger partial charge is 0.338 e. The Kier molecular flexibility index (Phi) is 2.69. The van der Waals surface area contributed by atoms with Crippen molar-refractivity contribution in [1.29, 1.82) is 0 Å². The van der Waals surface area contributed by atoms with Gasteiger partial charge in [0.15, 0.2) is 5.82 Å². The van der Waals surface area contributed by atoms with Gasteiger partial charge in [0.2, 0.25) is 14.9 Å². The minimum absolute atomic E-state index is 0.0295. The molecule has 0 radical (unpaired) electrons. The summed E-state index contributed by atoms with van der Waals surface area (Å²) in [5.41, 5.74) is 0. The fourth-order valence-corrected chi connectivity index (χ4v) is 1.33. The van der Waals surface area contributed by atoms with Gasteiger partial charge < -0.3 is 4.52 Å². The minimum Gasteiger partial charge on any atom is -0.338 e. The zero-order valence-corrected chi connectivity index (χ0v) is 7.89. The first-order valence-corrected chi connectivity index (χ1v) is 5.73. The molecule has 7 heteroatoms. The number of aryl methyl sites for hydroxylation is 1. The van der Waals surface area contributed by atoms with Crippen LogP contribution in [-0.2, 0) is 21.2 Å². The van der Waals surface area contributed by atoms with Gasteiger partial charge >= 0.3 is 0 Å². The molecule has 5 nitrogen and oxygen atoms in total. The minimum atomic E-state index is -3.60. The first kappa shape index (κ1) is 9.47. The Hall–Kier alpha value is -0.620. The van der Waals surface area contributed by atoms with Crippen LogP contribution in [0.3, 0.4) is 0 Å². The molecule has 0 spiro atoms. The van der Waals surface area contributed by atoms with Crippen LogP contribution in [-0.4, -0.2) is 18.6 Å². The van der Waals surface area contributed by atoms with Gasteiger partial charge in [-0.2, -0.15) is 4.98 Å². The van der Waals surface area contributed by atoms with Crippen LogP contribution in [0.25, 0.3) is 0 Å². The highest BCUT2D eigenvalue weighted by atomic mass is 35.7. The summed E-state index contributed by atoms with van der Waals surface area (Å²) in [4.78, 5) is 3.77. The Morgan fingerprint density at radius 3 is 2.67 bits per heavy atom. The number of aromatic nitrogens is 2. The zero-order valence-electron chi connectivity index (χ0n) is 6.32. The molecule has 1 heterocycles. The van der Waals surface area contributed by atoms with Crippen molar-refractivity contribution in [3.8, 4) is 0 Å². The molecule has 0 atom stereocenters. The maximum absolute atomic E-state index is 10.5. The van der Waals surface area contributed by atoms with Crippen LogP contribution < -0.4 is 0 Å². The average molecular weight is 211 g/mol. The molecule has 0 saturated heterocycles. The van der Waals surface area contributed by atoms with Gasteiger partial charge in [0.1, 0.15) is 5.75 Å². The first-order valence-electron chi connectivity index (χ1n) is 3.25. The quantitative estimate of drug-likeness (QED) is 0.687. The highest BCUT2D eigenvalue weighted by Crippen LogP contribution is 2.07. The van der Waals surface area contributed by atoms with E-state index in [1.54, 1.807) is 0 Å². The van der Waals surface area contributed by atoms with E-state index in [0.717, 1.165) is 0 Å². The monoisotopic (exact) mass is 210 g/mol. The molecule has 1 aromatic heterocycles. The Bertz CT molecular complexity index is 359. The van der Waals surface area contributed by atoms with Gasteiger partial charge in [-0.25, -0.2) is 8.42 Å². The molecule has 1 rings (SSSR count). The summed E-state index contributed by atoms with van der Waals surface area (Å²) in [5, 5.41) is 3.51. The number of nitrogens with zero attached hydrogens (tertiary/aromatic N) is 2. The highest BCUT2D eigenvalue weighted by molar-refractivity contribution is 8.13. The lowest BCUT2D eigenvalue weighted by Crippen LogP contribution is -1.95. The van der Waals surface area contributed by atoms with Gasteiger partial charge in [0.25, 0.3) is 0 Å². The fraction of sp³-hybridized carbons (Fsp3) is 0.600. The molecule has 0 amide bonds. The Labute approximate surface area is 74.1 Å².